The van der Waals surface area contributed by atoms with E-state index in [1.165, 1.54) is 11.3 Å². The highest BCUT2D eigenvalue weighted by Crippen LogP contribution is 2.27. The fourth-order valence-corrected chi connectivity index (χ4v) is 5.12. The highest BCUT2D eigenvalue weighted by molar-refractivity contribution is 6.38. The minimum atomic E-state index is -1.18. The van der Waals surface area contributed by atoms with Gasteiger partial charge in [-0.2, -0.15) is 0 Å². The molecule has 3 atom stereocenters. The Balaban J connectivity index is 0.00000401. The number of Topliss-reactive ketones (excluding diaryl/α,β-unsaturated/α-hetero) is 1. The number of carbonyl (C=O) groups is 6. The van der Waals surface area contributed by atoms with E-state index in [2.05, 4.69) is 36.4 Å². The first-order chi connectivity index (χ1) is 23.2. The second-order valence-electron chi connectivity index (χ2n) is 15.0. The fourth-order valence-electron chi connectivity index (χ4n) is 5.12. The Morgan fingerprint density at radius 2 is 1.54 bits per heavy atom. The Morgan fingerprint density at radius 3 is 2.08 bits per heavy atom. The molecule has 12 nitrogen and oxygen atoms in total. The Labute approximate surface area is 298 Å². The van der Waals surface area contributed by atoms with E-state index < -0.39 is 70.3 Å². The van der Waals surface area contributed by atoms with E-state index >= 15 is 0 Å². The van der Waals surface area contributed by atoms with Crippen LogP contribution in [-0.2, 0) is 39.0 Å². The minimum absolute atomic E-state index is 0.111. The number of nitrogens with zero attached hydrogens (tertiary/aromatic N) is 1. The van der Waals surface area contributed by atoms with Crippen molar-refractivity contribution in [3.8, 4) is 0 Å². The molecule has 1 aliphatic heterocycles. The predicted molar refractivity (Wildman–Crippen MR) is 193 cm³/mol. The third-order valence-electron chi connectivity index (χ3n) is 7.58. The van der Waals surface area contributed by atoms with Gasteiger partial charge in [-0.3, -0.25) is 24.0 Å². The highest BCUT2D eigenvalue weighted by atomic mass is 16.6. The van der Waals surface area contributed by atoms with Crippen molar-refractivity contribution in [1.82, 2.24) is 20.9 Å². The van der Waals surface area contributed by atoms with Crippen LogP contribution in [0.2, 0.25) is 0 Å². The van der Waals surface area contributed by atoms with Gasteiger partial charge in [0, 0.05) is 13.1 Å². The summed E-state index contributed by atoms with van der Waals surface area (Å²) in [4.78, 5) is 79.7. The van der Waals surface area contributed by atoms with Crippen molar-refractivity contribution in [3.63, 3.8) is 0 Å². The Bertz CT molecular complexity index is 1310. The van der Waals surface area contributed by atoms with Crippen LogP contribution in [0.4, 0.5) is 4.79 Å². The molecule has 1 heterocycles. The number of hydrogen-bond acceptors (Lipinski definition) is 8. The number of ketones is 1. The number of amides is 4. The van der Waals surface area contributed by atoms with Crippen LogP contribution in [0, 0.1) is 5.41 Å². The topological polar surface area (TPSA) is 160 Å². The molecule has 4 amide bonds. The summed E-state index contributed by atoms with van der Waals surface area (Å²) in [6, 6.07) is 6.15. The van der Waals surface area contributed by atoms with E-state index in [0.29, 0.717) is 19.3 Å². The van der Waals surface area contributed by atoms with Crippen molar-refractivity contribution >= 4 is 35.6 Å². The average Bonchev–Trinajstić information content (AvgIpc) is 3.51. The normalized spacial score (nSPS) is 15.7. The van der Waals surface area contributed by atoms with Crippen LogP contribution < -0.4 is 16.0 Å². The monoisotopic (exact) mass is 700 g/mol. The van der Waals surface area contributed by atoms with Gasteiger partial charge in [0.05, 0.1) is 12.5 Å². The van der Waals surface area contributed by atoms with Crippen LogP contribution in [0.1, 0.15) is 113 Å². The van der Waals surface area contributed by atoms with Crippen LogP contribution in [0.15, 0.2) is 43.0 Å². The molecule has 1 fully saturated rings. The van der Waals surface area contributed by atoms with Crippen molar-refractivity contribution < 1.29 is 38.2 Å². The molecule has 1 aromatic carbocycles. The Hall–Kier alpha value is -4.22. The molecule has 1 saturated heterocycles. The van der Waals surface area contributed by atoms with E-state index in [9.17, 15) is 28.8 Å². The quantitative estimate of drug-likeness (QED) is 0.133. The van der Waals surface area contributed by atoms with Gasteiger partial charge in [-0.25, -0.2) is 4.79 Å². The van der Waals surface area contributed by atoms with Crippen molar-refractivity contribution in [2.75, 3.05) is 13.1 Å². The zero-order valence-corrected chi connectivity index (χ0v) is 31.8. The summed E-state index contributed by atoms with van der Waals surface area (Å²) in [6.07, 6.45) is 3.23. The summed E-state index contributed by atoms with van der Waals surface area (Å²) in [6.45, 7) is 22.1. The van der Waals surface area contributed by atoms with Crippen molar-refractivity contribution in [2.24, 2.45) is 5.41 Å². The molecule has 12 heteroatoms. The Kier molecular flexibility index (Phi) is 17.4. The smallest absolute Gasteiger partial charge is 0.408 e. The number of esters is 1. The second kappa shape index (κ2) is 19.8. The number of rotatable bonds is 14. The molecule has 1 aromatic rings. The number of allylic oxidation sites excluding steroid dienone is 1. The largest absolute Gasteiger partial charge is 0.455 e. The van der Waals surface area contributed by atoms with Crippen LogP contribution in [0.25, 0.3) is 0 Å². The van der Waals surface area contributed by atoms with Crippen molar-refractivity contribution in [3.05, 3.63) is 48.6 Å². The molecule has 0 aromatic heterocycles. The maximum Gasteiger partial charge on any atom is 0.408 e. The lowest BCUT2D eigenvalue weighted by Gasteiger charge is -2.36. The molecule has 0 radical (unpaired) electrons. The zero-order chi connectivity index (χ0) is 38.3. The average molecular weight is 701 g/mol. The van der Waals surface area contributed by atoms with Crippen LogP contribution in [0.3, 0.4) is 0 Å². The number of benzene rings is 1. The number of carbonyl (C=O) groups excluding carboxylic acids is 6. The summed E-state index contributed by atoms with van der Waals surface area (Å²) in [5.74, 6) is -3.42. The van der Waals surface area contributed by atoms with Gasteiger partial charge in [-0.1, -0.05) is 77.4 Å². The van der Waals surface area contributed by atoms with Crippen LogP contribution in [0.5, 0.6) is 0 Å². The van der Waals surface area contributed by atoms with E-state index in [1.54, 1.807) is 61.5 Å². The van der Waals surface area contributed by atoms with Crippen molar-refractivity contribution in [2.45, 2.75) is 137 Å². The lowest BCUT2D eigenvalue weighted by Crippen LogP contribution is -2.59. The number of hydrogen-bond donors (Lipinski definition) is 3. The minimum Gasteiger partial charge on any atom is -0.455 e. The molecule has 0 spiro atoms. The summed E-state index contributed by atoms with van der Waals surface area (Å²) < 4.78 is 10.9. The van der Waals surface area contributed by atoms with Gasteiger partial charge in [0.2, 0.25) is 17.6 Å². The second-order valence-corrected chi connectivity index (χ2v) is 15.0. The number of nitrogens with one attached hydrogen (secondary N) is 3. The molecular weight excluding hydrogens is 640 g/mol. The van der Waals surface area contributed by atoms with Gasteiger partial charge >= 0.3 is 12.1 Å². The molecule has 0 saturated carbocycles. The van der Waals surface area contributed by atoms with Gasteiger partial charge in [-0.05, 0) is 71.3 Å². The van der Waals surface area contributed by atoms with Gasteiger partial charge in [0.15, 0.2) is 0 Å². The first kappa shape index (κ1) is 43.8. The SMILES string of the molecule is C=CCCC(NC(=O)[C@@H]1CCCN1C(=O)[C@@H](NC(=O)OC(C)(C)C)C(C)(C)C)C(=O)C(=O)NCCC(=O)OC(C)(C)c1ccccc1.CCC. The fraction of sp³-hybridized carbons (Fsp3) is 0.632. The van der Waals surface area contributed by atoms with Gasteiger partial charge in [0.25, 0.3) is 5.91 Å². The van der Waals surface area contributed by atoms with Crippen LogP contribution >= 0.6 is 0 Å². The van der Waals surface area contributed by atoms with Crippen molar-refractivity contribution in [1.29, 1.82) is 0 Å². The maximum absolute atomic E-state index is 13.7. The first-order valence-corrected chi connectivity index (χ1v) is 17.5. The maximum atomic E-state index is 13.7. The first-order valence-electron chi connectivity index (χ1n) is 17.5. The molecule has 1 unspecified atom stereocenters. The summed E-state index contributed by atoms with van der Waals surface area (Å²) >= 11 is 0. The summed E-state index contributed by atoms with van der Waals surface area (Å²) in [5, 5.41) is 7.78. The molecule has 280 valence electrons. The van der Waals surface area contributed by atoms with Gasteiger partial charge < -0.3 is 30.3 Å². The van der Waals surface area contributed by atoms with E-state index in [1.807, 2.05) is 30.3 Å². The third kappa shape index (κ3) is 14.7. The Morgan fingerprint density at radius 1 is 0.940 bits per heavy atom. The third-order valence-corrected chi connectivity index (χ3v) is 7.58. The number of alkyl carbamates (subject to hydrolysis) is 1. The van der Waals surface area contributed by atoms with Gasteiger partial charge in [-0.15, -0.1) is 6.58 Å². The highest BCUT2D eigenvalue weighted by Gasteiger charge is 2.43. The van der Waals surface area contributed by atoms with E-state index in [-0.39, 0.29) is 25.9 Å². The lowest BCUT2D eigenvalue weighted by atomic mass is 9.85. The molecule has 1 aliphatic rings. The number of ether oxygens (including phenoxy) is 2. The standard InChI is InChI=1S/C35H52N4O8.C3H8/c1-10-11-18-24(27(41)30(43)36-21-20-26(40)46-35(8,9)23-16-13-12-14-17-23)37-29(42)25-19-15-22-39(25)31(44)28(33(2,3)4)38-32(45)47-34(5,6)7;1-3-2/h10,12-14,16-17,24-25,28H,1,11,15,18-22H2,2-9H3,(H,36,43)(H,37,42)(H,38,45);3H2,1-2H3/t24?,25-,28+;/m0./s1. The van der Waals surface area contributed by atoms with Gasteiger partial charge in [0.1, 0.15) is 23.3 Å². The molecule has 50 heavy (non-hydrogen) atoms. The number of likely N-dealkylation sites (tertiary alicyclic amines) is 1. The molecule has 3 N–H and O–H groups in total. The predicted octanol–water partition coefficient (Wildman–Crippen LogP) is 5.34. The summed E-state index contributed by atoms with van der Waals surface area (Å²) in [7, 11) is 0. The molecule has 0 bridgehead atoms. The van der Waals surface area contributed by atoms with E-state index in [0.717, 1.165) is 5.56 Å². The van der Waals surface area contributed by atoms with Crippen LogP contribution in [-0.4, -0.2) is 77.3 Å². The molecule has 0 aliphatic carbocycles. The molecular formula is C38H60N4O8. The lowest BCUT2D eigenvalue weighted by molar-refractivity contribution is -0.157. The molecule has 2 rings (SSSR count). The van der Waals surface area contributed by atoms with E-state index in [4.69, 9.17) is 9.47 Å². The zero-order valence-electron chi connectivity index (χ0n) is 31.8. The summed E-state index contributed by atoms with van der Waals surface area (Å²) in [5.41, 5.74) is -1.55.